The third-order valence-electron chi connectivity index (χ3n) is 3.82. The van der Waals surface area contributed by atoms with Gasteiger partial charge in [0.1, 0.15) is 0 Å². The number of halogens is 1. The fraction of sp³-hybridized carbons (Fsp3) is 1.00. The number of hydrogen-bond acceptors (Lipinski definition) is 0. The molecule has 2 atom stereocenters. The van der Waals surface area contributed by atoms with Crippen LogP contribution < -0.4 is 0 Å². The van der Waals surface area contributed by atoms with Crippen molar-refractivity contribution in [3.8, 4) is 0 Å². The van der Waals surface area contributed by atoms with Crippen LogP contribution in [0.1, 0.15) is 45.4 Å². The third-order valence-corrected chi connectivity index (χ3v) is 4.00. The van der Waals surface area contributed by atoms with Crippen molar-refractivity contribution in [1.29, 1.82) is 0 Å². The fourth-order valence-corrected chi connectivity index (χ4v) is 3.45. The molecule has 0 aromatic carbocycles. The molecule has 3 aliphatic carbocycles. The molecule has 2 unspecified atom stereocenters. The quantitative estimate of drug-likeness (QED) is 0.575. The van der Waals surface area contributed by atoms with Crippen molar-refractivity contribution in [2.45, 2.75) is 50.8 Å². The summed E-state index contributed by atoms with van der Waals surface area (Å²) in [7, 11) is 0. The van der Waals surface area contributed by atoms with Crippen molar-refractivity contribution in [2.75, 3.05) is 0 Å². The summed E-state index contributed by atoms with van der Waals surface area (Å²) in [6.45, 7) is 2.14. The highest BCUT2D eigenvalue weighted by atomic mass is 35.5. The Kier molecular flexibility index (Phi) is 2.64. The first-order chi connectivity index (χ1) is 5.75. The average molecular weight is 187 g/mol. The average Bonchev–Trinajstić information content (AvgIpc) is 2.05. The molecule has 0 heterocycles. The van der Waals surface area contributed by atoms with Gasteiger partial charge in [0.25, 0.3) is 0 Å². The summed E-state index contributed by atoms with van der Waals surface area (Å²) in [6, 6.07) is 0. The minimum atomic E-state index is 0.398. The second-order valence-corrected chi connectivity index (χ2v) is 5.54. The first kappa shape index (κ1) is 8.87. The highest BCUT2D eigenvalue weighted by Crippen LogP contribution is 2.46. The highest BCUT2D eigenvalue weighted by molar-refractivity contribution is 6.20. The molecule has 0 spiro atoms. The second kappa shape index (κ2) is 3.57. The van der Waals surface area contributed by atoms with Crippen LogP contribution in [0.5, 0.6) is 0 Å². The Balaban J connectivity index is 1.91. The maximum atomic E-state index is 6.05. The molecule has 0 radical (unpaired) electrons. The molecule has 0 aromatic heterocycles. The van der Waals surface area contributed by atoms with Crippen LogP contribution in [0, 0.1) is 17.8 Å². The van der Waals surface area contributed by atoms with E-state index in [0.717, 1.165) is 17.8 Å². The molecule has 0 saturated heterocycles. The maximum Gasteiger partial charge on any atom is 0.0310 e. The van der Waals surface area contributed by atoms with E-state index in [1.807, 2.05) is 0 Å². The summed E-state index contributed by atoms with van der Waals surface area (Å²) in [4.78, 5) is 0. The molecule has 12 heavy (non-hydrogen) atoms. The molecule has 0 aliphatic heterocycles. The van der Waals surface area contributed by atoms with Crippen molar-refractivity contribution < 1.29 is 0 Å². The monoisotopic (exact) mass is 186 g/mol. The lowest BCUT2D eigenvalue weighted by atomic mass is 9.63. The zero-order chi connectivity index (χ0) is 8.55. The van der Waals surface area contributed by atoms with Crippen molar-refractivity contribution in [2.24, 2.45) is 17.8 Å². The molecule has 0 nitrogen and oxygen atoms in total. The summed E-state index contributed by atoms with van der Waals surface area (Å²) in [5.41, 5.74) is 0. The van der Waals surface area contributed by atoms with E-state index in [-0.39, 0.29) is 0 Å². The second-order valence-electron chi connectivity index (χ2n) is 4.79. The predicted molar refractivity (Wildman–Crippen MR) is 53.5 cm³/mol. The van der Waals surface area contributed by atoms with Gasteiger partial charge < -0.3 is 0 Å². The summed E-state index contributed by atoms with van der Waals surface area (Å²) < 4.78 is 0. The van der Waals surface area contributed by atoms with Gasteiger partial charge in [0, 0.05) is 5.38 Å². The van der Waals surface area contributed by atoms with Crippen LogP contribution in [0.25, 0.3) is 0 Å². The van der Waals surface area contributed by atoms with Crippen LogP contribution >= 0.6 is 11.6 Å². The molecular formula is C11H19Cl. The van der Waals surface area contributed by atoms with Crippen molar-refractivity contribution in [3.05, 3.63) is 0 Å². The van der Waals surface area contributed by atoms with Gasteiger partial charge in [0.2, 0.25) is 0 Å². The smallest absolute Gasteiger partial charge is 0.0310 e. The lowest BCUT2D eigenvalue weighted by Gasteiger charge is -2.42. The van der Waals surface area contributed by atoms with E-state index in [0.29, 0.717) is 5.38 Å². The summed E-state index contributed by atoms with van der Waals surface area (Å²) in [5, 5.41) is 0.398. The molecule has 70 valence electrons. The molecule has 0 N–H and O–H groups in total. The number of fused-ring (bicyclic) bond motifs is 3. The number of alkyl halides is 1. The first-order valence-corrected chi connectivity index (χ1v) is 5.83. The van der Waals surface area contributed by atoms with Gasteiger partial charge >= 0.3 is 0 Å². The standard InChI is InChI=1S/C11H19Cl/c1-8(12)6-11-7-9-2-4-10(11)5-3-9/h8-11H,2-7H2,1H3. The van der Waals surface area contributed by atoms with E-state index in [1.54, 1.807) is 0 Å². The van der Waals surface area contributed by atoms with Crippen LogP contribution in [0.3, 0.4) is 0 Å². The summed E-state index contributed by atoms with van der Waals surface area (Å²) >= 11 is 6.05. The van der Waals surface area contributed by atoms with Crippen LogP contribution in [0.4, 0.5) is 0 Å². The van der Waals surface area contributed by atoms with Crippen molar-refractivity contribution in [3.63, 3.8) is 0 Å². The van der Waals surface area contributed by atoms with Crippen LogP contribution in [0.15, 0.2) is 0 Å². The van der Waals surface area contributed by atoms with Gasteiger partial charge in [0.15, 0.2) is 0 Å². The third kappa shape index (κ3) is 1.79. The van der Waals surface area contributed by atoms with Gasteiger partial charge in [0.05, 0.1) is 0 Å². The SMILES string of the molecule is CC(Cl)CC1CC2CCC1CC2. The Labute approximate surface area is 80.7 Å². The Morgan fingerprint density at radius 2 is 1.92 bits per heavy atom. The van der Waals surface area contributed by atoms with E-state index < -0.39 is 0 Å². The van der Waals surface area contributed by atoms with E-state index >= 15 is 0 Å². The summed E-state index contributed by atoms with van der Waals surface area (Å²) in [6.07, 6.45) is 8.78. The molecular weight excluding hydrogens is 168 g/mol. The van der Waals surface area contributed by atoms with Gasteiger partial charge in [-0.1, -0.05) is 12.8 Å². The molecule has 3 aliphatic rings. The lowest BCUT2D eigenvalue weighted by Crippen LogP contribution is -2.32. The minimum Gasteiger partial charge on any atom is -0.123 e. The van der Waals surface area contributed by atoms with Gasteiger partial charge in [-0.3, -0.25) is 0 Å². The van der Waals surface area contributed by atoms with Crippen molar-refractivity contribution >= 4 is 11.6 Å². The zero-order valence-electron chi connectivity index (χ0n) is 7.93. The Morgan fingerprint density at radius 1 is 1.25 bits per heavy atom. The van der Waals surface area contributed by atoms with Crippen LogP contribution in [-0.4, -0.2) is 5.38 Å². The first-order valence-electron chi connectivity index (χ1n) is 5.39. The Bertz CT molecular complexity index is 143. The van der Waals surface area contributed by atoms with Gasteiger partial charge in [-0.2, -0.15) is 0 Å². The molecule has 2 bridgehead atoms. The molecule has 3 saturated carbocycles. The van der Waals surface area contributed by atoms with E-state index in [2.05, 4.69) is 6.92 Å². The van der Waals surface area contributed by atoms with Crippen LogP contribution in [-0.2, 0) is 0 Å². The minimum absolute atomic E-state index is 0.398. The fourth-order valence-electron chi connectivity index (χ4n) is 3.22. The highest BCUT2D eigenvalue weighted by Gasteiger charge is 2.35. The van der Waals surface area contributed by atoms with E-state index in [9.17, 15) is 0 Å². The Morgan fingerprint density at radius 3 is 2.33 bits per heavy atom. The van der Waals surface area contributed by atoms with Gasteiger partial charge in [-0.15, -0.1) is 11.6 Å². The maximum absolute atomic E-state index is 6.05. The van der Waals surface area contributed by atoms with Gasteiger partial charge in [-0.05, 0) is 50.4 Å². The van der Waals surface area contributed by atoms with E-state index in [1.165, 1.54) is 38.5 Å². The largest absolute Gasteiger partial charge is 0.123 e. The molecule has 3 fully saturated rings. The topological polar surface area (TPSA) is 0 Å². The molecule has 3 rings (SSSR count). The summed E-state index contributed by atoms with van der Waals surface area (Å²) in [5.74, 6) is 3.08. The molecule has 0 amide bonds. The Hall–Kier alpha value is 0.290. The predicted octanol–water partition coefficient (Wildman–Crippen LogP) is 3.83. The molecule has 0 aromatic rings. The van der Waals surface area contributed by atoms with E-state index in [4.69, 9.17) is 11.6 Å². The van der Waals surface area contributed by atoms with Crippen molar-refractivity contribution in [1.82, 2.24) is 0 Å². The molecule has 1 heteroatoms. The number of hydrogen-bond donors (Lipinski definition) is 0. The van der Waals surface area contributed by atoms with Gasteiger partial charge in [-0.25, -0.2) is 0 Å². The zero-order valence-corrected chi connectivity index (χ0v) is 8.69. The normalized spacial score (nSPS) is 43.0. The van der Waals surface area contributed by atoms with Crippen LogP contribution in [0.2, 0.25) is 0 Å². The lowest BCUT2D eigenvalue weighted by molar-refractivity contribution is 0.0931. The number of rotatable bonds is 2.